The number of ether oxygens (including phenoxy) is 2. The van der Waals surface area contributed by atoms with Crippen LogP contribution in [0.1, 0.15) is 55.0 Å². The lowest BCUT2D eigenvalue weighted by Crippen LogP contribution is -2.07. The first-order chi connectivity index (χ1) is 14.9. The number of carboxylic acids is 1. The smallest absolute Gasteiger partial charge is 0.304 e. The van der Waals surface area contributed by atoms with Crippen molar-refractivity contribution in [1.82, 2.24) is 4.57 Å². The Balaban J connectivity index is 1.55. The molecule has 0 aliphatic carbocycles. The molecular weight excluding hydrogens is 392 g/mol. The molecule has 4 rings (SSSR count). The van der Waals surface area contributed by atoms with Gasteiger partial charge in [-0.3, -0.25) is 4.79 Å². The molecule has 0 amide bonds. The maximum atomic E-state index is 11.2. The lowest BCUT2D eigenvalue weighted by atomic mass is 9.99. The van der Waals surface area contributed by atoms with E-state index < -0.39 is 5.97 Å². The van der Waals surface area contributed by atoms with Gasteiger partial charge in [-0.1, -0.05) is 6.07 Å². The zero-order chi connectivity index (χ0) is 22.1. The van der Waals surface area contributed by atoms with E-state index in [1.807, 2.05) is 45.0 Å². The van der Waals surface area contributed by atoms with Crippen LogP contribution in [-0.4, -0.2) is 21.7 Å². The van der Waals surface area contributed by atoms with Crippen LogP contribution < -0.4 is 9.47 Å². The summed E-state index contributed by atoms with van der Waals surface area (Å²) in [5, 5.41) is 19.7. The lowest BCUT2D eigenvalue weighted by molar-refractivity contribution is -0.137. The summed E-state index contributed by atoms with van der Waals surface area (Å²) >= 11 is 0. The molecule has 0 spiro atoms. The van der Waals surface area contributed by atoms with Crippen LogP contribution in [-0.2, 0) is 17.9 Å². The third kappa shape index (κ3) is 4.09. The molecule has 160 valence electrons. The molecule has 1 N–H and O–H groups in total. The summed E-state index contributed by atoms with van der Waals surface area (Å²) in [5.74, 6) is 0.668. The van der Waals surface area contributed by atoms with Gasteiger partial charge in [0.05, 0.1) is 18.1 Å². The van der Waals surface area contributed by atoms with Crippen LogP contribution in [0.5, 0.6) is 11.5 Å². The second-order valence-electron chi connectivity index (χ2n) is 8.32. The van der Waals surface area contributed by atoms with E-state index in [0.29, 0.717) is 17.9 Å². The molecule has 1 atom stereocenters. The van der Waals surface area contributed by atoms with Crippen LogP contribution in [0.25, 0.3) is 10.9 Å². The summed E-state index contributed by atoms with van der Waals surface area (Å²) in [6.07, 6.45) is 1.03. The summed E-state index contributed by atoms with van der Waals surface area (Å²) < 4.78 is 14.0. The molecule has 0 saturated heterocycles. The van der Waals surface area contributed by atoms with Crippen LogP contribution in [0.15, 0.2) is 36.4 Å². The second-order valence-corrected chi connectivity index (χ2v) is 8.32. The first-order valence-corrected chi connectivity index (χ1v) is 10.5. The number of hydrogen-bond acceptors (Lipinski definition) is 4. The predicted octanol–water partition coefficient (Wildman–Crippen LogP) is 5.15. The fourth-order valence-electron chi connectivity index (χ4n) is 4.34. The van der Waals surface area contributed by atoms with Gasteiger partial charge < -0.3 is 19.1 Å². The Bertz CT molecular complexity index is 1190. The number of nitriles is 1. The SMILES string of the molecule is Cc1c(OCc2ccc(OC(C)C)c(C#N)c2)ccc2c1cc1n2CCC1CC(=O)O. The van der Waals surface area contributed by atoms with Gasteiger partial charge >= 0.3 is 5.97 Å². The molecule has 0 bridgehead atoms. The standard InChI is InChI=1S/C25H26N2O4/c1-15(2)31-24-6-4-17(10-19(24)13-26)14-30-23-7-5-21-20(16(23)3)12-22-18(11-25(28)29)8-9-27(21)22/h4-7,10,12,15,18H,8-9,11,14H2,1-3H3,(H,28,29). The number of fused-ring (bicyclic) bond motifs is 3. The van der Waals surface area contributed by atoms with Crippen molar-refractivity contribution < 1.29 is 19.4 Å². The molecule has 1 unspecified atom stereocenters. The number of nitrogens with zero attached hydrogens (tertiary/aromatic N) is 2. The maximum Gasteiger partial charge on any atom is 0.304 e. The van der Waals surface area contributed by atoms with Gasteiger partial charge in [0.2, 0.25) is 0 Å². The van der Waals surface area contributed by atoms with Gasteiger partial charge in [-0.05, 0) is 63.1 Å². The fraction of sp³-hybridized carbons (Fsp3) is 0.360. The van der Waals surface area contributed by atoms with Gasteiger partial charge in [0.25, 0.3) is 0 Å². The number of hydrogen-bond donors (Lipinski definition) is 1. The molecule has 2 aromatic carbocycles. The molecule has 0 radical (unpaired) electrons. The highest BCUT2D eigenvalue weighted by Gasteiger charge is 2.27. The minimum absolute atomic E-state index is 0.00251. The zero-order valence-electron chi connectivity index (χ0n) is 18.0. The molecule has 1 aromatic heterocycles. The van der Waals surface area contributed by atoms with Crippen molar-refractivity contribution in [2.75, 3.05) is 0 Å². The van der Waals surface area contributed by atoms with Crippen LogP contribution in [0.3, 0.4) is 0 Å². The molecule has 31 heavy (non-hydrogen) atoms. The fourth-order valence-corrected chi connectivity index (χ4v) is 4.34. The highest BCUT2D eigenvalue weighted by atomic mass is 16.5. The van der Waals surface area contributed by atoms with Crippen molar-refractivity contribution in [2.24, 2.45) is 0 Å². The summed E-state index contributed by atoms with van der Waals surface area (Å²) in [4.78, 5) is 11.2. The number of carboxylic acid groups (broad SMARTS) is 1. The molecule has 6 heteroatoms. The van der Waals surface area contributed by atoms with Gasteiger partial charge in [0.15, 0.2) is 0 Å². The van der Waals surface area contributed by atoms with Crippen LogP contribution in [0.2, 0.25) is 0 Å². The molecule has 2 heterocycles. The Labute approximate surface area is 181 Å². The van der Waals surface area contributed by atoms with Crippen molar-refractivity contribution in [3.63, 3.8) is 0 Å². The van der Waals surface area contributed by atoms with Crippen LogP contribution >= 0.6 is 0 Å². The summed E-state index contributed by atoms with van der Waals surface area (Å²) in [6, 6.07) is 13.8. The van der Waals surface area contributed by atoms with E-state index in [9.17, 15) is 15.2 Å². The second kappa shape index (κ2) is 8.35. The van der Waals surface area contributed by atoms with Crippen LogP contribution in [0, 0.1) is 18.3 Å². The monoisotopic (exact) mass is 418 g/mol. The van der Waals surface area contributed by atoms with E-state index in [1.54, 1.807) is 6.07 Å². The van der Waals surface area contributed by atoms with Gasteiger partial charge in [-0.15, -0.1) is 0 Å². The highest BCUT2D eigenvalue weighted by molar-refractivity contribution is 5.87. The predicted molar refractivity (Wildman–Crippen MR) is 118 cm³/mol. The summed E-state index contributed by atoms with van der Waals surface area (Å²) in [5.41, 5.74) is 4.64. The minimum Gasteiger partial charge on any atom is -0.490 e. The summed E-state index contributed by atoms with van der Waals surface area (Å²) in [6.45, 7) is 7.08. The van der Waals surface area contributed by atoms with E-state index in [0.717, 1.165) is 46.4 Å². The first-order valence-electron chi connectivity index (χ1n) is 10.5. The number of aryl methyl sites for hydroxylation is 2. The third-order valence-corrected chi connectivity index (χ3v) is 5.80. The van der Waals surface area contributed by atoms with E-state index in [1.165, 1.54) is 0 Å². The third-order valence-electron chi connectivity index (χ3n) is 5.80. The Morgan fingerprint density at radius 2 is 2.03 bits per heavy atom. The Morgan fingerprint density at radius 1 is 1.26 bits per heavy atom. The zero-order valence-corrected chi connectivity index (χ0v) is 18.0. The summed E-state index contributed by atoms with van der Waals surface area (Å²) in [7, 11) is 0. The number of rotatable bonds is 7. The average molecular weight is 418 g/mol. The largest absolute Gasteiger partial charge is 0.490 e. The maximum absolute atomic E-state index is 11.2. The van der Waals surface area contributed by atoms with Gasteiger partial charge in [0.1, 0.15) is 24.2 Å². The van der Waals surface area contributed by atoms with Gasteiger partial charge in [-0.25, -0.2) is 0 Å². The van der Waals surface area contributed by atoms with E-state index in [-0.39, 0.29) is 18.4 Å². The minimum atomic E-state index is -0.758. The van der Waals surface area contributed by atoms with Crippen molar-refractivity contribution >= 4 is 16.9 Å². The number of benzene rings is 2. The van der Waals surface area contributed by atoms with Crippen molar-refractivity contribution in [1.29, 1.82) is 5.26 Å². The molecular formula is C25H26N2O4. The van der Waals surface area contributed by atoms with Crippen LogP contribution in [0.4, 0.5) is 0 Å². The van der Waals surface area contributed by atoms with Gasteiger partial charge in [-0.2, -0.15) is 5.26 Å². The van der Waals surface area contributed by atoms with E-state index in [4.69, 9.17) is 9.47 Å². The Morgan fingerprint density at radius 3 is 2.74 bits per heavy atom. The molecule has 6 nitrogen and oxygen atoms in total. The number of aliphatic carboxylic acids is 1. The molecule has 0 saturated carbocycles. The van der Waals surface area contributed by atoms with Crippen molar-refractivity contribution in [2.45, 2.75) is 58.8 Å². The molecule has 0 fully saturated rings. The molecule has 1 aliphatic heterocycles. The topological polar surface area (TPSA) is 84.5 Å². The lowest BCUT2D eigenvalue weighted by Gasteiger charge is -2.14. The average Bonchev–Trinajstić information content (AvgIpc) is 3.28. The Hall–Kier alpha value is -3.46. The van der Waals surface area contributed by atoms with Crippen molar-refractivity contribution in [3.8, 4) is 17.6 Å². The van der Waals surface area contributed by atoms with Gasteiger partial charge in [0, 0.05) is 34.6 Å². The number of aromatic nitrogens is 1. The van der Waals surface area contributed by atoms with Crippen molar-refractivity contribution in [3.05, 3.63) is 58.8 Å². The highest BCUT2D eigenvalue weighted by Crippen LogP contribution is 2.39. The number of carbonyl (C=O) groups is 1. The molecule has 1 aliphatic rings. The first kappa shape index (κ1) is 20.8. The Kier molecular flexibility index (Phi) is 5.60. The van der Waals surface area contributed by atoms with E-state index >= 15 is 0 Å². The molecule has 3 aromatic rings. The normalized spacial score (nSPS) is 15.1. The quantitative estimate of drug-likeness (QED) is 0.574. The van der Waals surface area contributed by atoms with E-state index in [2.05, 4.69) is 16.7 Å².